The van der Waals surface area contributed by atoms with Crippen molar-refractivity contribution in [3.8, 4) is 0 Å². The topological polar surface area (TPSA) is 94.6 Å². The maximum absolute atomic E-state index is 12.9. The van der Waals surface area contributed by atoms with Gasteiger partial charge in [0.1, 0.15) is 0 Å². The van der Waals surface area contributed by atoms with Crippen molar-refractivity contribution in [3.05, 3.63) is 65.5 Å². The first-order chi connectivity index (χ1) is 17.1. The molecule has 3 fully saturated rings. The fourth-order valence-corrected chi connectivity index (χ4v) is 6.28. The Balaban J connectivity index is 1.09. The fraction of sp³-hybridized carbons (Fsp3) is 0.500. The average Bonchev–Trinajstić information content (AvgIpc) is 3.57. The number of rotatable bonds is 6. The van der Waals surface area contributed by atoms with Crippen molar-refractivity contribution in [2.24, 2.45) is 11.8 Å². The van der Waals surface area contributed by atoms with E-state index in [0.29, 0.717) is 24.9 Å². The first-order valence-electron chi connectivity index (χ1n) is 12.3. The molecule has 2 bridgehead atoms. The van der Waals surface area contributed by atoms with E-state index in [0.717, 1.165) is 49.6 Å². The Kier molecular flexibility index (Phi) is 6.50. The zero-order chi connectivity index (χ0) is 25.5. The van der Waals surface area contributed by atoms with Gasteiger partial charge in [-0.25, -0.2) is 0 Å². The number of fused-ring (bicyclic) bond motifs is 2. The highest BCUT2D eigenvalue weighted by atomic mass is 19.4. The van der Waals surface area contributed by atoms with Crippen LogP contribution in [0, 0.1) is 11.8 Å². The van der Waals surface area contributed by atoms with Gasteiger partial charge in [0.05, 0.1) is 17.7 Å². The van der Waals surface area contributed by atoms with E-state index in [2.05, 4.69) is 20.5 Å². The van der Waals surface area contributed by atoms with Gasteiger partial charge in [0.2, 0.25) is 5.91 Å². The second-order valence-electron chi connectivity index (χ2n) is 10.2. The van der Waals surface area contributed by atoms with Gasteiger partial charge in [-0.15, -0.1) is 0 Å². The Labute approximate surface area is 207 Å². The molecule has 3 N–H and O–H groups in total. The largest absolute Gasteiger partial charge is 0.416 e. The van der Waals surface area contributed by atoms with Crippen molar-refractivity contribution in [1.29, 1.82) is 0 Å². The number of amides is 2. The third-order valence-corrected chi connectivity index (χ3v) is 7.98. The molecule has 5 atom stereocenters. The standard InChI is InChI=1S/C26H29F3N4O3/c27-26(28,29)18-4-1-3-16(9-18)24(35)31-14-23(34)32-21-6-8-33(15-21)22-11-20-10-17(22)12-25(20,36)19-5-2-7-30-13-19/h1-5,7,9,13,17,20-22,36H,6,8,10-12,14-15H2,(H,31,35)(H,32,34)/t17-,20?,21?,22?,25?/m1/s1. The number of hydrogen-bond acceptors (Lipinski definition) is 5. The van der Waals surface area contributed by atoms with Crippen LogP contribution in [0.4, 0.5) is 13.2 Å². The molecule has 2 heterocycles. The molecule has 1 aliphatic heterocycles. The molecule has 192 valence electrons. The zero-order valence-corrected chi connectivity index (χ0v) is 19.7. The van der Waals surface area contributed by atoms with Gasteiger partial charge in [-0.1, -0.05) is 12.1 Å². The summed E-state index contributed by atoms with van der Waals surface area (Å²) < 4.78 is 38.6. The zero-order valence-electron chi connectivity index (χ0n) is 19.7. The van der Waals surface area contributed by atoms with Crippen molar-refractivity contribution in [2.45, 2.75) is 49.5 Å². The van der Waals surface area contributed by atoms with Crippen LogP contribution in [-0.4, -0.2) is 58.5 Å². The molecule has 7 nitrogen and oxygen atoms in total. The lowest BCUT2D eigenvalue weighted by Gasteiger charge is -2.39. The Morgan fingerprint density at radius 3 is 2.72 bits per heavy atom. The van der Waals surface area contributed by atoms with Gasteiger partial charge in [-0.05, 0) is 61.8 Å². The third kappa shape index (κ3) is 4.84. The number of carbonyl (C=O) groups is 2. The molecule has 0 radical (unpaired) electrons. The number of hydrogen-bond donors (Lipinski definition) is 3. The molecule has 36 heavy (non-hydrogen) atoms. The highest BCUT2D eigenvalue weighted by molar-refractivity contribution is 5.96. The smallest absolute Gasteiger partial charge is 0.385 e. The van der Waals surface area contributed by atoms with Crippen LogP contribution in [0.2, 0.25) is 0 Å². The number of aromatic nitrogens is 1. The van der Waals surface area contributed by atoms with Crippen LogP contribution in [0.1, 0.15) is 47.2 Å². The summed E-state index contributed by atoms with van der Waals surface area (Å²) in [5.41, 5.74) is -0.993. The first-order valence-corrected chi connectivity index (χ1v) is 12.3. The van der Waals surface area contributed by atoms with E-state index >= 15 is 0 Å². The van der Waals surface area contributed by atoms with Crippen LogP contribution < -0.4 is 10.6 Å². The van der Waals surface area contributed by atoms with Gasteiger partial charge in [0.15, 0.2) is 0 Å². The summed E-state index contributed by atoms with van der Waals surface area (Å²) in [6.07, 6.45) is 2.30. The molecule has 0 spiro atoms. The third-order valence-electron chi connectivity index (χ3n) is 7.98. The Bertz CT molecular complexity index is 1130. The van der Waals surface area contributed by atoms with E-state index < -0.39 is 23.2 Å². The maximum Gasteiger partial charge on any atom is 0.416 e. The summed E-state index contributed by atoms with van der Waals surface area (Å²) in [6, 6.07) is 8.22. The van der Waals surface area contributed by atoms with Crippen molar-refractivity contribution in [3.63, 3.8) is 0 Å². The lowest BCUT2D eigenvalue weighted by Crippen LogP contribution is -2.46. The number of alkyl halides is 3. The van der Waals surface area contributed by atoms with Gasteiger partial charge >= 0.3 is 6.18 Å². The second-order valence-corrected chi connectivity index (χ2v) is 10.2. The van der Waals surface area contributed by atoms with Gasteiger partial charge in [-0.3, -0.25) is 19.5 Å². The van der Waals surface area contributed by atoms with Crippen LogP contribution in [-0.2, 0) is 16.6 Å². The van der Waals surface area contributed by atoms with Crippen molar-refractivity contribution in [1.82, 2.24) is 20.5 Å². The molecule has 1 saturated heterocycles. The van der Waals surface area contributed by atoms with E-state index in [9.17, 15) is 27.9 Å². The highest BCUT2D eigenvalue weighted by Crippen LogP contribution is 2.56. The second kappa shape index (κ2) is 9.48. The molecule has 2 amide bonds. The molecule has 2 aromatic rings. The Morgan fingerprint density at radius 2 is 2.03 bits per heavy atom. The van der Waals surface area contributed by atoms with Crippen molar-refractivity contribution >= 4 is 11.8 Å². The SMILES string of the molecule is O=C(CNC(=O)c1cccc(C(F)(F)F)c1)NC1CCN(C2CC3C[C@@H]2CC3(O)c2cccnc2)C1. The monoisotopic (exact) mass is 502 g/mol. The number of carbonyl (C=O) groups excluding carboxylic acids is 2. The summed E-state index contributed by atoms with van der Waals surface area (Å²) in [7, 11) is 0. The predicted octanol–water partition coefficient (Wildman–Crippen LogP) is 2.71. The minimum Gasteiger partial charge on any atom is -0.385 e. The van der Waals surface area contributed by atoms with Crippen LogP contribution in [0.25, 0.3) is 0 Å². The number of pyridine rings is 1. The first kappa shape index (κ1) is 24.7. The summed E-state index contributed by atoms with van der Waals surface area (Å²) in [4.78, 5) is 31.2. The quantitative estimate of drug-likeness (QED) is 0.565. The molecular formula is C26H29F3N4O3. The summed E-state index contributed by atoms with van der Waals surface area (Å²) in [5.74, 6) is -0.522. The average molecular weight is 503 g/mol. The van der Waals surface area contributed by atoms with Gasteiger partial charge in [0, 0.05) is 48.7 Å². The molecule has 5 rings (SSSR count). The Morgan fingerprint density at radius 1 is 1.19 bits per heavy atom. The minimum absolute atomic E-state index is 0.0562. The normalized spacial score (nSPS) is 29.9. The van der Waals surface area contributed by atoms with Crippen LogP contribution in [0.5, 0.6) is 0 Å². The van der Waals surface area contributed by atoms with Gasteiger partial charge < -0.3 is 15.7 Å². The Hall–Kier alpha value is -2.98. The molecule has 4 unspecified atom stereocenters. The molecule has 3 aliphatic rings. The number of likely N-dealkylation sites (tertiary alicyclic amines) is 1. The van der Waals surface area contributed by atoms with Gasteiger partial charge in [-0.2, -0.15) is 13.2 Å². The molecule has 10 heteroatoms. The number of halogens is 3. The van der Waals surface area contributed by atoms with Crippen LogP contribution in [0.15, 0.2) is 48.8 Å². The minimum atomic E-state index is -4.54. The number of benzene rings is 1. The van der Waals surface area contributed by atoms with Crippen LogP contribution >= 0.6 is 0 Å². The summed E-state index contributed by atoms with van der Waals surface area (Å²) >= 11 is 0. The van der Waals surface area contributed by atoms with Crippen molar-refractivity contribution < 1.29 is 27.9 Å². The van der Waals surface area contributed by atoms with E-state index in [1.807, 2.05) is 12.1 Å². The van der Waals surface area contributed by atoms with Crippen molar-refractivity contribution in [2.75, 3.05) is 19.6 Å². The van der Waals surface area contributed by atoms with E-state index in [1.54, 1.807) is 12.4 Å². The molecule has 1 aromatic carbocycles. The van der Waals surface area contributed by atoms with Crippen LogP contribution in [0.3, 0.4) is 0 Å². The lowest BCUT2D eigenvalue weighted by molar-refractivity contribution is -0.137. The van der Waals surface area contributed by atoms with E-state index in [1.165, 1.54) is 6.07 Å². The van der Waals surface area contributed by atoms with E-state index in [-0.39, 0.29) is 30.0 Å². The lowest BCUT2D eigenvalue weighted by atomic mass is 9.77. The number of aliphatic hydroxyl groups is 1. The fourth-order valence-electron chi connectivity index (χ4n) is 6.28. The molecule has 1 aromatic heterocycles. The van der Waals surface area contributed by atoms with E-state index in [4.69, 9.17) is 0 Å². The predicted molar refractivity (Wildman–Crippen MR) is 125 cm³/mol. The number of nitrogens with zero attached hydrogens (tertiary/aromatic N) is 2. The highest BCUT2D eigenvalue weighted by Gasteiger charge is 2.56. The molecule has 2 aliphatic carbocycles. The van der Waals surface area contributed by atoms with Gasteiger partial charge in [0.25, 0.3) is 5.91 Å². The summed E-state index contributed by atoms with van der Waals surface area (Å²) in [6.45, 7) is 1.24. The summed E-state index contributed by atoms with van der Waals surface area (Å²) in [5, 5.41) is 16.6. The molecule has 2 saturated carbocycles. The maximum atomic E-state index is 12.9. The number of nitrogens with one attached hydrogen (secondary N) is 2. The molecular weight excluding hydrogens is 473 g/mol.